The molecule has 5 N–H and O–H groups in total. The molecule has 0 aliphatic carbocycles. The van der Waals surface area contributed by atoms with E-state index in [-0.39, 0.29) is 24.0 Å². The number of nitrogens with one attached hydrogen (secondary N) is 1. The molecule has 2 saturated heterocycles. The number of piperidine rings is 1. The Kier molecular flexibility index (Phi) is 8.46. The number of fused-ring (bicyclic) bond motifs is 1. The van der Waals surface area contributed by atoms with Crippen LogP contribution >= 0.6 is 0 Å². The number of hydrogen-bond donors (Lipinski definition) is 4. The van der Waals surface area contributed by atoms with E-state index in [0.717, 1.165) is 0 Å². The molecule has 1 aromatic carbocycles. The van der Waals surface area contributed by atoms with Crippen LogP contribution in [0, 0.1) is 16.0 Å². The van der Waals surface area contributed by atoms with Gasteiger partial charge in [-0.15, -0.1) is 0 Å². The Bertz CT molecular complexity index is 1460. The van der Waals surface area contributed by atoms with Gasteiger partial charge in [-0.1, -0.05) is 0 Å². The highest BCUT2D eigenvalue weighted by Crippen LogP contribution is 2.33. The second-order valence-corrected chi connectivity index (χ2v) is 10.3. The number of nitrogens with two attached hydrogens (primary N) is 1. The standard InChI is InChI=1S/C26H32N8O8/c1-2-28-24(37)21-19(35)20(36)25(42-21)33-13-29-18-22(27)30-17(31-23(18)33)11-14-7-9-32(10-8-14)26(38)41-12-15-3-5-16(6-4-15)34(39)40/h3-6,13-14,19-21,25,35-36H,2,7-12H2,1H3,(H,28,37)(H2,27,30,31)/t19-,20?,21+,25-/m1/s1. The van der Waals surface area contributed by atoms with E-state index in [0.29, 0.717) is 61.4 Å². The van der Waals surface area contributed by atoms with Crippen molar-refractivity contribution in [3.8, 4) is 0 Å². The van der Waals surface area contributed by atoms with Crippen molar-refractivity contribution < 1.29 is 34.2 Å². The number of aromatic nitrogens is 4. The number of carbonyl (C=O) groups excluding carboxylic acids is 2. The van der Waals surface area contributed by atoms with Gasteiger partial charge in [-0.25, -0.2) is 19.7 Å². The predicted octanol–water partition coefficient (Wildman–Crippen LogP) is 0.663. The molecule has 42 heavy (non-hydrogen) atoms. The van der Waals surface area contributed by atoms with E-state index in [1.54, 1.807) is 24.0 Å². The molecule has 1 unspecified atom stereocenters. The van der Waals surface area contributed by atoms with Crippen LogP contribution < -0.4 is 11.1 Å². The molecule has 0 bridgehead atoms. The Balaban J connectivity index is 1.19. The van der Waals surface area contributed by atoms with E-state index in [2.05, 4.69) is 20.3 Å². The van der Waals surface area contributed by atoms with Gasteiger partial charge in [-0.05, 0) is 43.4 Å². The Labute approximate surface area is 239 Å². The summed E-state index contributed by atoms with van der Waals surface area (Å²) in [4.78, 5) is 50.0. The van der Waals surface area contributed by atoms with Gasteiger partial charge in [-0.3, -0.25) is 19.5 Å². The van der Waals surface area contributed by atoms with Crippen LogP contribution in [0.4, 0.5) is 16.3 Å². The van der Waals surface area contributed by atoms with E-state index in [9.17, 15) is 29.9 Å². The molecule has 0 saturated carbocycles. The summed E-state index contributed by atoms with van der Waals surface area (Å²) in [6.07, 6.45) is -2.46. The van der Waals surface area contributed by atoms with E-state index in [1.807, 2.05) is 0 Å². The SMILES string of the molecule is CCNC(=O)[C@H]1O[C@@H](n2cnc3c(N)nc(CC4CCN(C(=O)OCc5ccc([N+](=O)[O-])cc5)CC4)nc32)C(O)[C@H]1O. The molecule has 0 spiro atoms. The second-order valence-electron chi connectivity index (χ2n) is 10.3. The topological polar surface area (TPSA) is 221 Å². The number of ether oxygens (including phenoxy) is 2. The molecule has 0 radical (unpaired) electrons. The van der Waals surface area contributed by atoms with E-state index >= 15 is 0 Å². The average molecular weight is 585 g/mol. The number of imidazole rings is 1. The number of nitrogens with zero attached hydrogens (tertiary/aromatic N) is 6. The molecule has 16 nitrogen and oxygen atoms in total. The molecule has 4 atom stereocenters. The lowest BCUT2D eigenvalue weighted by Crippen LogP contribution is -2.42. The number of nitro benzene ring substituents is 1. The van der Waals surface area contributed by atoms with Gasteiger partial charge in [-0.2, -0.15) is 0 Å². The molecule has 2 fully saturated rings. The van der Waals surface area contributed by atoms with Crippen molar-refractivity contribution in [3.63, 3.8) is 0 Å². The minimum atomic E-state index is -1.44. The summed E-state index contributed by atoms with van der Waals surface area (Å²) >= 11 is 0. The predicted molar refractivity (Wildman–Crippen MR) is 146 cm³/mol. The molecule has 5 rings (SSSR count). The summed E-state index contributed by atoms with van der Waals surface area (Å²) in [7, 11) is 0. The van der Waals surface area contributed by atoms with E-state index in [4.69, 9.17) is 15.2 Å². The van der Waals surface area contributed by atoms with Gasteiger partial charge in [0.25, 0.3) is 11.6 Å². The zero-order valence-corrected chi connectivity index (χ0v) is 22.8. The second kappa shape index (κ2) is 12.2. The maximum absolute atomic E-state index is 12.6. The third-order valence-corrected chi connectivity index (χ3v) is 7.47. The first kappa shape index (κ1) is 29.1. The van der Waals surface area contributed by atoms with Gasteiger partial charge in [0.15, 0.2) is 23.8 Å². The Morgan fingerprint density at radius 2 is 1.90 bits per heavy atom. The van der Waals surface area contributed by atoms with Crippen molar-refractivity contribution in [2.24, 2.45) is 5.92 Å². The highest BCUT2D eigenvalue weighted by Gasteiger charge is 2.47. The number of benzene rings is 1. The average Bonchev–Trinajstić information content (AvgIpc) is 3.53. The van der Waals surface area contributed by atoms with Gasteiger partial charge >= 0.3 is 6.09 Å². The van der Waals surface area contributed by atoms with Crippen LogP contribution in [0.5, 0.6) is 0 Å². The lowest BCUT2D eigenvalue weighted by atomic mass is 9.93. The van der Waals surface area contributed by atoms with Gasteiger partial charge in [0.05, 0.1) is 11.3 Å². The van der Waals surface area contributed by atoms with Gasteiger partial charge < -0.3 is 35.6 Å². The molecule has 16 heteroatoms. The maximum atomic E-state index is 12.6. The highest BCUT2D eigenvalue weighted by molar-refractivity contribution is 5.83. The van der Waals surface area contributed by atoms with Crippen LogP contribution in [-0.4, -0.2) is 89.5 Å². The maximum Gasteiger partial charge on any atom is 0.410 e. The summed E-state index contributed by atoms with van der Waals surface area (Å²) in [5.41, 5.74) is 7.39. The molecule has 224 valence electrons. The van der Waals surface area contributed by atoms with Gasteiger partial charge in [0, 0.05) is 38.2 Å². The lowest BCUT2D eigenvalue weighted by Gasteiger charge is -2.31. The third kappa shape index (κ3) is 5.95. The number of carbonyl (C=O) groups is 2. The van der Waals surface area contributed by atoms with Crippen LogP contribution in [-0.2, 0) is 27.3 Å². The van der Waals surface area contributed by atoms with Crippen LogP contribution in [0.2, 0.25) is 0 Å². The largest absolute Gasteiger partial charge is 0.445 e. The van der Waals surface area contributed by atoms with Crippen LogP contribution in [0.25, 0.3) is 11.2 Å². The normalized spacial score (nSPS) is 22.8. The summed E-state index contributed by atoms with van der Waals surface area (Å²) in [5.74, 6) is 0.227. The quantitative estimate of drug-likeness (QED) is 0.212. The minimum absolute atomic E-state index is 0.0119. The fraction of sp³-hybridized carbons (Fsp3) is 0.500. The van der Waals surface area contributed by atoms with Gasteiger partial charge in [0.2, 0.25) is 0 Å². The number of likely N-dealkylation sites (tertiary alicyclic amines) is 1. The number of anilines is 1. The molecule has 2 aliphatic rings. The van der Waals surface area contributed by atoms with Crippen molar-refractivity contribution in [2.75, 3.05) is 25.4 Å². The fourth-order valence-corrected chi connectivity index (χ4v) is 5.17. The number of nitrogen functional groups attached to an aromatic ring is 1. The highest BCUT2D eigenvalue weighted by atomic mass is 16.6. The van der Waals surface area contributed by atoms with E-state index < -0.39 is 41.5 Å². The number of rotatable bonds is 8. The Morgan fingerprint density at radius 3 is 2.57 bits per heavy atom. The monoisotopic (exact) mass is 584 g/mol. The number of amides is 2. The first-order chi connectivity index (χ1) is 20.2. The summed E-state index contributed by atoms with van der Waals surface area (Å²) in [6, 6.07) is 5.83. The summed E-state index contributed by atoms with van der Waals surface area (Å²) < 4.78 is 12.5. The van der Waals surface area contributed by atoms with Crippen LogP contribution in [0.1, 0.15) is 37.4 Å². The smallest absolute Gasteiger partial charge is 0.410 e. The summed E-state index contributed by atoms with van der Waals surface area (Å²) in [5, 5.41) is 34.4. The first-order valence-electron chi connectivity index (χ1n) is 13.6. The number of aliphatic hydroxyl groups is 2. The van der Waals surface area contributed by atoms with Crippen molar-refractivity contribution >= 4 is 34.7 Å². The molecule has 4 heterocycles. The summed E-state index contributed by atoms with van der Waals surface area (Å²) in [6.45, 7) is 3.03. The number of hydrogen-bond acceptors (Lipinski definition) is 12. The van der Waals surface area contributed by atoms with Crippen LogP contribution in [0.15, 0.2) is 30.6 Å². The Morgan fingerprint density at radius 1 is 1.19 bits per heavy atom. The molecular weight excluding hydrogens is 552 g/mol. The first-order valence-corrected chi connectivity index (χ1v) is 13.6. The Hall–Kier alpha value is -4.41. The third-order valence-electron chi connectivity index (χ3n) is 7.47. The number of likely N-dealkylation sites (N-methyl/N-ethyl adjacent to an activating group) is 1. The lowest BCUT2D eigenvalue weighted by molar-refractivity contribution is -0.384. The number of non-ortho nitro benzene ring substituents is 1. The van der Waals surface area contributed by atoms with Crippen molar-refractivity contribution in [1.82, 2.24) is 29.7 Å². The fourth-order valence-electron chi connectivity index (χ4n) is 5.17. The zero-order chi connectivity index (χ0) is 30.0. The zero-order valence-electron chi connectivity index (χ0n) is 22.8. The van der Waals surface area contributed by atoms with Crippen molar-refractivity contribution in [2.45, 2.75) is 57.3 Å². The molecular formula is C26H32N8O8. The molecule has 3 aromatic rings. The van der Waals surface area contributed by atoms with Crippen molar-refractivity contribution in [1.29, 1.82) is 0 Å². The van der Waals surface area contributed by atoms with Gasteiger partial charge in [0.1, 0.15) is 30.2 Å². The van der Waals surface area contributed by atoms with E-state index in [1.165, 1.54) is 23.0 Å². The van der Waals surface area contributed by atoms with Crippen LogP contribution in [0.3, 0.4) is 0 Å². The number of nitro groups is 1. The van der Waals surface area contributed by atoms with Crippen molar-refractivity contribution in [3.05, 3.63) is 52.1 Å². The molecule has 2 amide bonds. The molecule has 2 aliphatic heterocycles. The molecule has 2 aromatic heterocycles. The number of aliphatic hydroxyl groups excluding tert-OH is 2. The minimum Gasteiger partial charge on any atom is -0.445 e.